The van der Waals surface area contributed by atoms with Crippen LogP contribution in [-0.4, -0.2) is 6.21 Å². The maximum atomic E-state index is 12.4. The molecule has 3 nitrogen and oxygen atoms in total. The molecule has 0 unspecified atom stereocenters. The first-order valence-corrected chi connectivity index (χ1v) is 6.30. The second-order valence-electron chi connectivity index (χ2n) is 4.44. The predicted molar refractivity (Wildman–Crippen MR) is 75.0 cm³/mol. The topological polar surface area (TPSA) is 45.4 Å². The van der Waals surface area contributed by atoms with Crippen LogP contribution in [0.15, 0.2) is 53.7 Å². The van der Waals surface area contributed by atoms with Crippen molar-refractivity contribution >= 4 is 6.21 Å². The third-order valence-corrected chi connectivity index (χ3v) is 2.80. The zero-order chi connectivity index (χ0) is 16.0. The van der Waals surface area contributed by atoms with E-state index >= 15 is 0 Å². The van der Waals surface area contributed by atoms with Gasteiger partial charge in [-0.1, -0.05) is 29.4 Å². The van der Waals surface area contributed by atoms with Crippen LogP contribution in [0, 0.1) is 11.3 Å². The maximum Gasteiger partial charge on any atom is 0.416 e. The molecule has 0 saturated carbocycles. The zero-order valence-electron chi connectivity index (χ0n) is 11.3. The van der Waals surface area contributed by atoms with Crippen LogP contribution in [0.5, 0.6) is 0 Å². The molecule has 0 spiro atoms. The molecule has 0 aromatic heterocycles. The number of hydrogen-bond acceptors (Lipinski definition) is 3. The fourth-order valence-electron chi connectivity index (χ4n) is 1.69. The van der Waals surface area contributed by atoms with E-state index in [1.54, 1.807) is 24.3 Å². The number of oxime groups is 1. The Morgan fingerprint density at radius 3 is 2.50 bits per heavy atom. The number of hydrogen-bond donors (Lipinski definition) is 0. The van der Waals surface area contributed by atoms with E-state index < -0.39 is 11.7 Å². The molecule has 0 amide bonds. The van der Waals surface area contributed by atoms with E-state index in [0.29, 0.717) is 16.7 Å². The highest BCUT2D eigenvalue weighted by atomic mass is 19.4. The van der Waals surface area contributed by atoms with Gasteiger partial charge in [-0.25, -0.2) is 0 Å². The number of halogens is 3. The fraction of sp³-hybridized carbons (Fsp3) is 0.125. The van der Waals surface area contributed by atoms with Crippen LogP contribution >= 0.6 is 0 Å². The Morgan fingerprint density at radius 2 is 1.86 bits per heavy atom. The van der Waals surface area contributed by atoms with Crippen molar-refractivity contribution < 1.29 is 18.0 Å². The second kappa shape index (κ2) is 6.76. The van der Waals surface area contributed by atoms with Gasteiger partial charge in [0.1, 0.15) is 6.61 Å². The van der Waals surface area contributed by atoms with Crippen molar-refractivity contribution in [2.45, 2.75) is 12.8 Å². The molecule has 0 N–H and O–H groups in total. The predicted octanol–water partition coefficient (Wildman–Crippen LogP) is 4.13. The summed E-state index contributed by atoms with van der Waals surface area (Å²) >= 11 is 0. The van der Waals surface area contributed by atoms with E-state index in [9.17, 15) is 13.2 Å². The zero-order valence-corrected chi connectivity index (χ0v) is 11.3. The van der Waals surface area contributed by atoms with Crippen LogP contribution in [0.3, 0.4) is 0 Å². The third-order valence-electron chi connectivity index (χ3n) is 2.80. The molecule has 0 aliphatic heterocycles. The Balaban J connectivity index is 1.91. The van der Waals surface area contributed by atoms with Crippen molar-refractivity contribution in [3.63, 3.8) is 0 Å². The second-order valence-corrected chi connectivity index (χ2v) is 4.44. The lowest BCUT2D eigenvalue weighted by molar-refractivity contribution is -0.137. The van der Waals surface area contributed by atoms with Gasteiger partial charge in [0.15, 0.2) is 0 Å². The quantitative estimate of drug-likeness (QED) is 0.630. The van der Waals surface area contributed by atoms with Gasteiger partial charge in [0.2, 0.25) is 0 Å². The number of nitriles is 1. The lowest BCUT2D eigenvalue weighted by atomic mass is 10.1. The van der Waals surface area contributed by atoms with Crippen LogP contribution in [-0.2, 0) is 17.6 Å². The van der Waals surface area contributed by atoms with Gasteiger partial charge in [0.05, 0.1) is 23.4 Å². The van der Waals surface area contributed by atoms with Crippen molar-refractivity contribution in [3.05, 3.63) is 70.8 Å². The van der Waals surface area contributed by atoms with Crippen molar-refractivity contribution in [1.29, 1.82) is 5.26 Å². The largest absolute Gasteiger partial charge is 0.416 e. The Bertz CT molecular complexity index is 701. The molecular formula is C16H11F3N2O. The summed E-state index contributed by atoms with van der Waals surface area (Å²) in [6.45, 7) is 0.0621. The minimum Gasteiger partial charge on any atom is -0.391 e. The Kier molecular flexibility index (Phi) is 4.79. The van der Waals surface area contributed by atoms with Crippen LogP contribution in [0.2, 0.25) is 0 Å². The Labute approximate surface area is 125 Å². The first kappa shape index (κ1) is 15.6. The van der Waals surface area contributed by atoms with Gasteiger partial charge in [0, 0.05) is 0 Å². The Morgan fingerprint density at radius 1 is 1.14 bits per heavy atom. The van der Waals surface area contributed by atoms with Crippen molar-refractivity contribution in [2.75, 3.05) is 0 Å². The van der Waals surface area contributed by atoms with E-state index in [-0.39, 0.29) is 6.61 Å². The summed E-state index contributed by atoms with van der Waals surface area (Å²) in [4.78, 5) is 5.03. The fourth-order valence-corrected chi connectivity index (χ4v) is 1.69. The summed E-state index contributed by atoms with van der Waals surface area (Å²) in [5.74, 6) is 0. The average Bonchev–Trinajstić information content (AvgIpc) is 2.51. The van der Waals surface area contributed by atoms with Gasteiger partial charge >= 0.3 is 6.18 Å². The van der Waals surface area contributed by atoms with E-state index in [1.807, 2.05) is 6.07 Å². The number of rotatable bonds is 4. The van der Waals surface area contributed by atoms with Crippen LogP contribution < -0.4 is 0 Å². The minimum absolute atomic E-state index is 0.0621. The molecule has 22 heavy (non-hydrogen) atoms. The molecule has 0 saturated heterocycles. The maximum absolute atomic E-state index is 12.4. The third kappa shape index (κ3) is 4.35. The monoisotopic (exact) mass is 304 g/mol. The van der Waals surface area contributed by atoms with E-state index in [2.05, 4.69) is 5.16 Å². The summed E-state index contributed by atoms with van der Waals surface area (Å²) in [6, 6.07) is 13.5. The number of nitrogens with zero attached hydrogens (tertiary/aromatic N) is 2. The molecule has 0 aliphatic carbocycles. The van der Waals surface area contributed by atoms with E-state index in [4.69, 9.17) is 10.1 Å². The Hall–Kier alpha value is -2.81. The van der Waals surface area contributed by atoms with Gasteiger partial charge in [-0.2, -0.15) is 18.4 Å². The molecule has 6 heteroatoms. The molecule has 0 aliphatic rings. The minimum atomic E-state index is -4.34. The molecule has 0 bridgehead atoms. The van der Waals surface area contributed by atoms with Crippen LogP contribution in [0.1, 0.15) is 22.3 Å². The molecule has 0 fully saturated rings. The van der Waals surface area contributed by atoms with Crippen LogP contribution in [0.4, 0.5) is 13.2 Å². The molecule has 0 atom stereocenters. The molecule has 2 aromatic rings. The normalized spacial score (nSPS) is 11.4. The molecule has 2 aromatic carbocycles. The van der Waals surface area contributed by atoms with Gasteiger partial charge in [0.25, 0.3) is 0 Å². The first-order chi connectivity index (χ1) is 10.5. The van der Waals surface area contributed by atoms with Crippen molar-refractivity contribution in [3.8, 4) is 6.07 Å². The molecule has 0 radical (unpaired) electrons. The number of benzene rings is 2. The summed E-state index contributed by atoms with van der Waals surface area (Å²) in [5.41, 5.74) is 1.09. The van der Waals surface area contributed by atoms with Crippen LogP contribution in [0.25, 0.3) is 0 Å². The highest BCUT2D eigenvalue weighted by Crippen LogP contribution is 2.29. The van der Waals surface area contributed by atoms with E-state index in [0.717, 1.165) is 12.1 Å². The average molecular weight is 304 g/mol. The highest BCUT2D eigenvalue weighted by molar-refractivity contribution is 5.79. The van der Waals surface area contributed by atoms with Gasteiger partial charge in [-0.15, -0.1) is 0 Å². The number of alkyl halides is 3. The van der Waals surface area contributed by atoms with Crippen molar-refractivity contribution in [2.24, 2.45) is 5.16 Å². The molecule has 2 rings (SSSR count). The summed E-state index contributed by atoms with van der Waals surface area (Å²) in [7, 11) is 0. The smallest absolute Gasteiger partial charge is 0.391 e. The summed E-state index contributed by atoms with van der Waals surface area (Å²) in [6.07, 6.45) is -2.91. The lowest BCUT2D eigenvalue weighted by Gasteiger charge is -2.06. The highest BCUT2D eigenvalue weighted by Gasteiger charge is 2.29. The molecule has 112 valence electrons. The standard InChI is InChI=1S/C16H11F3N2O/c17-16(18,19)15-6-4-12(5-7-15)11-22-21-10-14-3-1-2-13(8-14)9-20/h1-8,10H,11H2. The molecular weight excluding hydrogens is 293 g/mol. The molecule has 0 heterocycles. The van der Waals surface area contributed by atoms with Gasteiger partial charge in [-0.3, -0.25) is 0 Å². The van der Waals surface area contributed by atoms with Crippen molar-refractivity contribution in [1.82, 2.24) is 0 Å². The SMILES string of the molecule is N#Cc1cccc(C=NOCc2ccc(C(F)(F)F)cc2)c1. The summed E-state index contributed by atoms with van der Waals surface area (Å²) in [5, 5.41) is 12.5. The van der Waals surface area contributed by atoms with E-state index in [1.165, 1.54) is 18.3 Å². The van der Waals surface area contributed by atoms with Gasteiger partial charge in [-0.05, 0) is 35.4 Å². The summed E-state index contributed by atoms with van der Waals surface area (Å²) < 4.78 is 37.2. The lowest BCUT2D eigenvalue weighted by Crippen LogP contribution is -2.04. The van der Waals surface area contributed by atoms with Gasteiger partial charge < -0.3 is 4.84 Å². The first-order valence-electron chi connectivity index (χ1n) is 6.30.